The number of piperidine rings is 2. The molecule has 4 N–H and O–H groups in total. The summed E-state index contributed by atoms with van der Waals surface area (Å²) in [5.74, 6) is -0.700. The topological polar surface area (TPSA) is 120 Å². The molecule has 0 spiro atoms. The van der Waals surface area contributed by atoms with Gasteiger partial charge in [-0.3, -0.25) is 4.79 Å². The van der Waals surface area contributed by atoms with Crippen molar-refractivity contribution in [1.82, 2.24) is 20.9 Å². The second-order valence-electron chi connectivity index (χ2n) is 9.01. The normalized spacial score (nSPS) is 28.7. The second kappa shape index (κ2) is 10.4. The molecule has 2 saturated heterocycles. The van der Waals surface area contributed by atoms with Crippen LogP contribution in [0.4, 0.5) is 4.79 Å². The molecule has 2 aliphatic heterocycles. The monoisotopic (exact) mass is 424 g/mol. The van der Waals surface area contributed by atoms with Crippen molar-refractivity contribution in [3.63, 3.8) is 0 Å². The molecule has 9 nitrogen and oxygen atoms in total. The van der Waals surface area contributed by atoms with Crippen LogP contribution in [-0.4, -0.2) is 78.4 Å². The van der Waals surface area contributed by atoms with Crippen molar-refractivity contribution in [2.75, 3.05) is 32.8 Å². The molecule has 3 rings (SSSR count). The van der Waals surface area contributed by atoms with Gasteiger partial charge in [0.25, 0.3) is 0 Å². The van der Waals surface area contributed by atoms with Crippen LogP contribution in [0.3, 0.4) is 0 Å². The van der Waals surface area contributed by atoms with E-state index in [9.17, 15) is 19.5 Å². The Morgan fingerprint density at radius 1 is 1.07 bits per heavy atom. The smallest absolute Gasteiger partial charge is 0.329 e. The Morgan fingerprint density at radius 3 is 2.27 bits per heavy atom. The first kappa shape index (κ1) is 22.8. The lowest BCUT2D eigenvalue weighted by atomic mass is 9.79. The van der Waals surface area contributed by atoms with Crippen LogP contribution < -0.4 is 16.0 Å². The number of nitrogens with one attached hydrogen (secondary N) is 3. The zero-order valence-corrected chi connectivity index (χ0v) is 18.0. The molecule has 0 bridgehead atoms. The fourth-order valence-corrected chi connectivity index (χ4v) is 4.80. The van der Waals surface area contributed by atoms with Crippen molar-refractivity contribution in [2.24, 2.45) is 5.92 Å². The van der Waals surface area contributed by atoms with Gasteiger partial charge in [-0.1, -0.05) is 0 Å². The third-order valence-corrected chi connectivity index (χ3v) is 6.75. The largest absolute Gasteiger partial charge is 0.480 e. The first-order valence-electron chi connectivity index (χ1n) is 11.3. The molecule has 170 valence electrons. The minimum Gasteiger partial charge on any atom is -0.480 e. The number of urea groups is 1. The fourth-order valence-electron chi connectivity index (χ4n) is 4.80. The lowest BCUT2D eigenvalue weighted by Crippen LogP contribution is -2.58. The number of carbonyl (C=O) groups excluding carboxylic acids is 2. The van der Waals surface area contributed by atoms with Crippen molar-refractivity contribution in [2.45, 2.75) is 76.0 Å². The number of hydrogen-bond acceptors (Lipinski definition) is 5. The number of carboxylic acids is 1. The summed E-state index contributed by atoms with van der Waals surface area (Å²) in [6.45, 7) is 5.66. The number of hydrogen-bond donors (Lipinski definition) is 4. The average Bonchev–Trinajstić information content (AvgIpc) is 2.74. The number of nitrogens with zero attached hydrogens (tertiary/aromatic N) is 1. The molecule has 2 heterocycles. The standard InChI is InChI=1S/C21H36N4O5/c1-15(26)24-21(19(27)28)8-2-17(3-9-21)23-20(29)25-12-6-18(7-13-25)30-14-16-4-10-22-11-5-16/h16-18,22H,2-14H2,1H3,(H,23,29)(H,24,26)(H,27,28)/t17-,21+. The predicted octanol–water partition coefficient (Wildman–Crippen LogP) is 1.08. The van der Waals surface area contributed by atoms with E-state index in [0.29, 0.717) is 44.7 Å². The van der Waals surface area contributed by atoms with E-state index in [1.807, 2.05) is 4.90 Å². The lowest BCUT2D eigenvalue weighted by molar-refractivity contribution is -0.149. The van der Waals surface area contributed by atoms with Crippen molar-refractivity contribution >= 4 is 17.9 Å². The predicted molar refractivity (Wildman–Crippen MR) is 111 cm³/mol. The van der Waals surface area contributed by atoms with Crippen molar-refractivity contribution in [3.8, 4) is 0 Å². The Morgan fingerprint density at radius 2 is 1.70 bits per heavy atom. The molecule has 0 unspecified atom stereocenters. The van der Waals surface area contributed by atoms with E-state index in [-0.39, 0.29) is 24.1 Å². The van der Waals surface area contributed by atoms with E-state index in [1.54, 1.807) is 0 Å². The van der Waals surface area contributed by atoms with Crippen molar-refractivity contribution in [1.29, 1.82) is 0 Å². The van der Waals surface area contributed by atoms with E-state index >= 15 is 0 Å². The number of likely N-dealkylation sites (tertiary alicyclic amines) is 1. The summed E-state index contributed by atoms with van der Waals surface area (Å²) in [5.41, 5.74) is -1.21. The summed E-state index contributed by atoms with van der Waals surface area (Å²) in [6, 6.07) is -0.147. The minimum atomic E-state index is -1.21. The molecule has 3 aliphatic rings. The highest BCUT2D eigenvalue weighted by molar-refractivity contribution is 5.86. The van der Waals surface area contributed by atoms with E-state index < -0.39 is 11.5 Å². The van der Waals surface area contributed by atoms with E-state index in [1.165, 1.54) is 19.8 Å². The van der Waals surface area contributed by atoms with Crippen LogP contribution in [0.5, 0.6) is 0 Å². The summed E-state index contributed by atoms with van der Waals surface area (Å²) in [7, 11) is 0. The minimum absolute atomic E-state index is 0.0624. The van der Waals surface area contributed by atoms with Crippen LogP contribution in [0.1, 0.15) is 58.3 Å². The lowest BCUT2D eigenvalue weighted by Gasteiger charge is -2.39. The summed E-state index contributed by atoms with van der Waals surface area (Å²) < 4.78 is 6.10. The van der Waals surface area contributed by atoms with Gasteiger partial charge >= 0.3 is 12.0 Å². The second-order valence-corrected chi connectivity index (χ2v) is 9.01. The van der Waals surface area contributed by atoms with Gasteiger partial charge in [-0.15, -0.1) is 0 Å². The summed E-state index contributed by atoms with van der Waals surface area (Å²) in [4.78, 5) is 37.5. The van der Waals surface area contributed by atoms with Crippen LogP contribution in [0.15, 0.2) is 0 Å². The van der Waals surface area contributed by atoms with Gasteiger partial charge in [-0.05, 0) is 70.4 Å². The number of rotatable bonds is 6. The Labute approximate surface area is 178 Å². The molecule has 0 aromatic heterocycles. The Kier molecular flexibility index (Phi) is 7.93. The third-order valence-electron chi connectivity index (χ3n) is 6.75. The first-order valence-corrected chi connectivity index (χ1v) is 11.3. The van der Waals surface area contributed by atoms with Crippen molar-refractivity contribution in [3.05, 3.63) is 0 Å². The van der Waals surface area contributed by atoms with Gasteiger partial charge in [0.15, 0.2) is 0 Å². The molecule has 1 aliphatic carbocycles. The summed E-state index contributed by atoms with van der Waals surface area (Å²) >= 11 is 0. The van der Waals surface area contributed by atoms with Gasteiger partial charge in [-0.2, -0.15) is 0 Å². The number of amides is 3. The molecule has 0 aromatic carbocycles. The van der Waals surface area contributed by atoms with E-state index in [4.69, 9.17) is 4.74 Å². The summed E-state index contributed by atoms with van der Waals surface area (Å²) in [5, 5.41) is 18.5. The maximum atomic E-state index is 12.6. The number of ether oxygens (including phenoxy) is 1. The molecule has 0 atom stereocenters. The van der Waals surface area contributed by atoms with Crippen LogP contribution in [0.2, 0.25) is 0 Å². The van der Waals surface area contributed by atoms with Gasteiger partial charge in [0.1, 0.15) is 5.54 Å². The molecule has 3 amide bonds. The van der Waals surface area contributed by atoms with Gasteiger partial charge < -0.3 is 30.7 Å². The summed E-state index contributed by atoms with van der Waals surface area (Å²) in [6.07, 6.45) is 6.00. The van der Waals surface area contributed by atoms with Crippen LogP contribution in [-0.2, 0) is 14.3 Å². The third kappa shape index (κ3) is 6.07. The van der Waals surface area contributed by atoms with Gasteiger partial charge in [0.2, 0.25) is 5.91 Å². The fraction of sp³-hybridized carbons (Fsp3) is 0.857. The quantitative estimate of drug-likeness (QED) is 0.506. The number of carboxylic acid groups (broad SMARTS) is 1. The molecular weight excluding hydrogens is 388 g/mol. The zero-order valence-electron chi connectivity index (χ0n) is 18.0. The van der Waals surface area contributed by atoms with Gasteiger partial charge in [0, 0.05) is 32.7 Å². The van der Waals surface area contributed by atoms with E-state index in [2.05, 4.69) is 16.0 Å². The number of aliphatic carboxylic acids is 1. The molecular formula is C21H36N4O5. The van der Waals surface area contributed by atoms with Gasteiger partial charge in [-0.25, -0.2) is 9.59 Å². The molecule has 9 heteroatoms. The SMILES string of the molecule is CC(=O)N[C@]1(C(=O)O)CC[C@H](NC(=O)N2CCC(OCC3CCNCC3)CC2)CC1. The van der Waals surface area contributed by atoms with Crippen LogP contribution in [0.25, 0.3) is 0 Å². The Hall–Kier alpha value is -1.87. The highest BCUT2D eigenvalue weighted by Crippen LogP contribution is 2.29. The van der Waals surface area contributed by atoms with E-state index in [0.717, 1.165) is 32.5 Å². The highest BCUT2D eigenvalue weighted by Gasteiger charge is 2.43. The Bertz CT molecular complexity index is 607. The zero-order chi connectivity index (χ0) is 21.6. The van der Waals surface area contributed by atoms with Crippen molar-refractivity contribution < 1.29 is 24.2 Å². The Balaban J connectivity index is 1.37. The number of carbonyl (C=O) groups is 3. The first-order chi connectivity index (χ1) is 14.4. The molecule has 30 heavy (non-hydrogen) atoms. The maximum absolute atomic E-state index is 12.6. The van der Waals surface area contributed by atoms with Crippen LogP contribution in [0, 0.1) is 5.92 Å². The molecule has 3 fully saturated rings. The molecule has 0 aromatic rings. The van der Waals surface area contributed by atoms with Crippen LogP contribution >= 0.6 is 0 Å². The highest BCUT2D eigenvalue weighted by atomic mass is 16.5. The maximum Gasteiger partial charge on any atom is 0.329 e. The molecule has 0 radical (unpaired) electrons. The average molecular weight is 425 g/mol. The molecule has 1 saturated carbocycles. The van der Waals surface area contributed by atoms with Gasteiger partial charge in [0.05, 0.1) is 6.10 Å².